The smallest absolute Gasteiger partial charge is 0.330 e. The van der Waals surface area contributed by atoms with Crippen molar-refractivity contribution in [2.45, 2.75) is 25.1 Å². The topological polar surface area (TPSA) is 72.6 Å². The van der Waals surface area contributed by atoms with E-state index in [0.29, 0.717) is 11.5 Å². The van der Waals surface area contributed by atoms with Crippen molar-refractivity contribution in [3.8, 4) is 0 Å². The van der Waals surface area contributed by atoms with Gasteiger partial charge in [0.25, 0.3) is 5.91 Å². The highest BCUT2D eigenvalue weighted by Crippen LogP contribution is 2.19. The number of nitrogens with two attached hydrogens (primary N) is 1. The van der Waals surface area contributed by atoms with Crippen molar-refractivity contribution in [2.75, 3.05) is 6.54 Å². The van der Waals surface area contributed by atoms with E-state index in [0.717, 1.165) is 0 Å². The fraction of sp³-hybridized carbons (Fsp3) is 0.714. The van der Waals surface area contributed by atoms with Crippen molar-refractivity contribution < 1.29 is 27.6 Å². The van der Waals surface area contributed by atoms with Crippen LogP contribution >= 0.6 is 0 Å². The third-order valence-corrected chi connectivity index (χ3v) is 1.84. The Labute approximate surface area is 82.9 Å². The summed E-state index contributed by atoms with van der Waals surface area (Å²) in [5, 5.41) is 0.402. The molecular formula is C7H9F3N2O3. The molecule has 0 aliphatic carbocycles. The van der Waals surface area contributed by atoms with E-state index in [1.165, 1.54) is 0 Å². The average molecular weight is 226 g/mol. The maximum absolute atomic E-state index is 11.8. The molecule has 0 spiro atoms. The number of carbonyl (C=O) groups is 2. The van der Waals surface area contributed by atoms with Gasteiger partial charge < -0.3 is 10.6 Å². The Morgan fingerprint density at radius 2 is 2.13 bits per heavy atom. The Kier molecular flexibility index (Phi) is 3.18. The molecule has 15 heavy (non-hydrogen) atoms. The Bertz CT molecular complexity index is 279. The summed E-state index contributed by atoms with van der Waals surface area (Å²) in [6.45, 7) is -0.109. The number of hydrogen-bond acceptors (Lipinski definition) is 4. The predicted molar refractivity (Wildman–Crippen MR) is 41.1 cm³/mol. The number of halogens is 3. The molecule has 5 nitrogen and oxygen atoms in total. The molecule has 1 saturated heterocycles. The van der Waals surface area contributed by atoms with E-state index in [-0.39, 0.29) is 13.0 Å². The summed E-state index contributed by atoms with van der Waals surface area (Å²) >= 11 is 0. The molecular weight excluding hydrogens is 217 g/mol. The van der Waals surface area contributed by atoms with Crippen LogP contribution in [0.3, 0.4) is 0 Å². The number of hydroxylamine groups is 2. The lowest BCUT2D eigenvalue weighted by atomic mass is 10.1. The monoisotopic (exact) mass is 226 g/mol. The molecule has 86 valence electrons. The zero-order valence-electron chi connectivity index (χ0n) is 7.58. The Balaban J connectivity index is 2.53. The third kappa shape index (κ3) is 3.08. The third-order valence-electron chi connectivity index (χ3n) is 1.84. The van der Waals surface area contributed by atoms with Crippen molar-refractivity contribution >= 4 is 11.9 Å². The Hall–Kier alpha value is -1.31. The van der Waals surface area contributed by atoms with Crippen LogP contribution in [0.25, 0.3) is 0 Å². The van der Waals surface area contributed by atoms with Crippen molar-refractivity contribution in [1.82, 2.24) is 5.06 Å². The second kappa shape index (κ2) is 4.05. The number of amides is 1. The van der Waals surface area contributed by atoms with Crippen LogP contribution in [0.2, 0.25) is 0 Å². The van der Waals surface area contributed by atoms with E-state index < -0.39 is 24.1 Å². The zero-order valence-corrected chi connectivity index (χ0v) is 7.58. The number of alkyl halides is 3. The van der Waals surface area contributed by atoms with E-state index in [4.69, 9.17) is 5.73 Å². The number of nitrogens with zero attached hydrogens (tertiary/aromatic N) is 1. The van der Waals surface area contributed by atoms with Gasteiger partial charge in [-0.2, -0.15) is 18.2 Å². The first kappa shape index (κ1) is 11.8. The molecule has 1 unspecified atom stereocenters. The second-order valence-corrected chi connectivity index (χ2v) is 3.13. The molecule has 1 aliphatic rings. The van der Waals surface area contributed by atoms with Gasteiger partial charge >= 0.3 is 12.1 Å². The minimum Gasteiger partial charge on any atom is -0.330 e. The van der Waals surface area contributed by atoms with Crippen LogP contribution < -0.4 is 5.73 Å². The van der Waals surface area contributed by atoms with Crippen molar-refractivity contribution in [1.29, 1.82) is 0 Å². The van der Waals surface area contributed by atoms with E-state index >= 15 is 0 Å². The van der Waals surface area contributed by atoms with Gasteiger partial charge in [0.15, 0.2) is 0 Å². The van der Waals surface area contributed by atoms with Crippen LogP contribution in [0, 0.1) is 0 Å². The molecule has 0 aromatic rings. The highest BCUT2D eigenvalue weighted by atomic mass is 19.4. The minimum absolute atomic E-state index is 0.109. The highest BCUT2D eigenvalue weighted by molar-refractivity contribution is 5.81. The molecule has 1 heterocycles. The summed E-state index contributed by atoms with van der Waals surface area (Å²) in [6.07, 6.45) is -4.91. The van der Waals surface area contributed by atoms with Gasteiger partial charge in [-0.1, -0.05) is 0 Å². The molecule has 1 fully saturated rings. The molecule has 0 aromatic heterocycles. The van der Waals surface area contributed by atoms with Gasteiger partial charge in [-0.25, -0.2) is 4.79 Å². The number of piperidine rings is 1. The molecule has 0 bridgehead atoms. The highest BCUT2D eigenvalue weighted by Gasteiger charge is 2.43. The quantitative estimate of drug-likeness (QED) is 0.680. The van der Waals surface area contributed by atoms with E-state index in [2.05, 4.69) is 4.84 Å². The first-order chi connectivity index (χ1) is 6.80. The molecule has 1 rings (SSSR count). The normalized spacial score (nSPS) is 22.8. The molecule has 1 atom stereocenters. The lowest BCUT2D eigenvalue weighted by molar-refractivity contribution is -0.239. The van der Waals surface area contributed by atoms with Crippen LogP contribution in [0.1, 0.15) is 12.8 Å². The van der Waals surface area contributed by atoms with E-state index in [9.17, 15) is 22.8 Å². The molecule has 2 N–H and O–H groups in total. The van der Waals surface area contributed by atoms with Crippen LogP contribution in [0.15, 0.2) is 0 Å². The summed E-state index contributed by atoms with van der Waals surface area (Å²) in [6, 6.07) is -0.390. The van der Waals surface area contributed by atoms with Crippen LogP contribution in [-0.2, 0) is 14.4 Å². The summed E-state index contributed by atoms with van der Waals surface area (Å²) < 4.78 is 35.3. The molecule has 0 radical (unpaired) electrons. The fourth-order valence-electron chi connectivity index (χ4n) is 1.08. The van der Waals surface area contributed by atoms with Gasteiger partial charge in [0.05, 0.1) is 6.54 Å². The van der Waals surface area contributed by atoms with Gasteiger partial charge in [0.1, 0.15) is 0 Å². The lowest BCUT2D eigenvalue weighted by Crippen LogP contribution is -2.46. The van der Waals surface area contributed by atoms with Gasteiger partial charge in [-0.3, -0.25) is 4.79 Å². The zero-order chi connectivity index (χ0) is 11.6. The first-order valence-electron chi connectivity index (χ1n) is 4.16. The van der Waals surface area contributed by atoms with Crippen molar-refractivity contribution in [2.24, 2.45) is 5.73 Å². The largest absolute Gasteiger partial charge is 0.493 e. The van der Waals surface area contributed by atoms with Crippen LogP contribution in [-0.4, -0.2) is 35.7 Å². The molecule has 0 saturated carbocycles. The summed E-state index contributed by atoms with van der Waals surface area (Å²) in [4.78, 5) is 25.3. The van der Waals surface area contributed by atoms with Crippen LogP contribution in [0.5, 0.6) is 0 Å². The maximum atomic E-state index is 11.8. The molecule has 1 amide bonds. The number of carbonyl (C=O) groups excluding carboxylic acids is 2. The van der Waals surface area contributed by atoms with Gasteiger partial charge in [0, 0.05) is 12.5 Å². The first-order valence-corrected chi connectivity index (χ1v) is 4.16. The maximum Gasteiger partial charge on any atom is 0.493 e. The standard InChI is InChI=1S/C7H9F3N2O3/c8-7(9,10)6(14)15-12-2-1-4(11)3-5(12)13/h4H,1-3,11H2. The van der Waals surface area contributed by atoms with E-state index in [1.807, 2.05) is 0 Å². The molecule has 1 aliphatic heterocycles. The molecule has 8 heteroatoms. The minimum atomic E-state index is -5.10. The van der Waals surface area contributed by atoms with Crippen molar-refractivity contribution in [3.63, 3.8) is 0 Å². The Morgan fingerprint density at radius 1 is 1.53 bits per heavy atom. The Morgan fingerprint density at radius 3 is 2.60 bits per heavy atom. The second-order valence-electron chi connectivity index (χ2n) is 3.13. The van der Waals surface area contributed by atoms with Crippen LogP contribution in [0.4, 0.5) is 13.2 Å². The van der Waals surface area contributed by atoms with Crippen molar-refractivity contribution in [3.05, 3.63) is 0 Å². The average Bonchev–Trinajstić information content (AvgIpc) is 2.08. The van der Waals surface area contributed by atoms with Gasteiger partial charge in [-0.05, 0) is 6.42 Å². The van der Waals surface area contributed by atoms with Gasteiger partial charge in [0.2, 0.25) is 0 Å². The van der Waals surface area contributed by atoms with Gasteiger partial charge in [-0.15, -0.1) is 0 Å². The number of hydrogen-bond donors (Lipinski definition) is 1. The predicted octanol–water partition coefficient (Wildman–Crippen LogP) is -0.0434. The SMILES string of the molecule is NC1CCN(OC(=O)C(F)(F)F)C(=O)C1. The fourth-order valence-corrected chi connectivity index (χ4v) is 1.08. The summed E-state index contributed by atoms with van der Waals surface area (Å²) in [5.74, 6) is -3.11. The number of rotatable bonds is 1. The summed E-state index contributed by atoms with van der Waals surface area (Å²) in [5.41, 5.74) is 5.39. The lowest BCUT2D eigenvalue weighted by Gasteiger charge is -2.28. The summed E-state index contributed by atoms with van der Waals surface area (Å²) in [7, 11) is 0. The molecule has 0 aromatic carbocycles. The van der Waals surface area contributed by atoms with E-state index in [1.54, 1.807) is 0 Å².